The van der Waals surface area contributed by atoms with E-state index in [2.05, 4.69) is 19.9 Å². The maximum absolute atomic E-state index is 13.7. The van der Waals surface area contributed by atoms with E-state index in [1.807, 2.05) is 0 Å². The first-order chi connectivity index (χ1) is 16.9. The summed E-state index contributed by atoms with van der Waals surface area (Å²) in [5.74, 6) is -5.44. The van der Waals surface area contributed by atoms with Gasteiger partial charge in [0.1, 0.15) is 5.82 Å². The Morgan fingerprint density at radius 1 is 1.25 bits per heavy atom. The average Bonchev–Trinajstić information content (AvgIpc) is 3.37. The standard InChI is InChI=1S/C25H26F3N4O3P/c1-3-17(29)24(9-25(27,28)10-24)31-23(35)21(33)19-11(2)18(20-14-6-12(14)8-32(19)20)22(34)30-13-4-5-15(26)16(36)7-13/h3-5,7,12,14H,6,8-10,29,36H2,1-2H3,(H,30,34)(H,31,35)/b17-3-. The van der Waals surface area contributed by atoms with Gasteiger partial charge in [0.25, 0.3) is 23.5 Å². The fraction of sp³-hybridized carbons (Fsp3) is 0.400. The van der Waals surface area contributed by atoms with Gasteiger partial charge in [-0.3, -0.25) is 14.4 Å². The van der Waals surface area contributed by atoms with Gasteiger partial charge in [-0.05, 0) is 49.9 Å². The summed E-state index contributed by atoms with van der Waals surface area (Å²) < 4.78 is 42.8. The molecule has 2 amide bonds. The number of carbonyl (C=O) groups excluding carboxylic acids is 3. The van der Waals surface area contributed by atoms with Crippen molar-refractivity contribution in [1.82, 2.24) is 9.88 Å². The number of hydrogen-bond acceptors (Lipinski definition) is 4. The normalized spacial score (nSPS) is 22.8. The van der Waals surface area contributed by atoms with Crippen LogP contribution in [0.2, 0.25) is 0 Å². The Bertz CT molecular complexity index is 1360. The molecule has 0 radical (unpaired) electrons. The van der Waals surface area contributed by atoms with Crippen LogP contribution in [0.25, 0.3) is 0 Å². The second kappa shape index (κ2) is 8.20. The molecule has 2 heterocycles. The van der Waals surface area contributed by atoms with Gasteiger partial charge in [-0.15, -0.1) is 9.24 Å². The molecule has 0 saturated heterocycles. The van der Waals surface area contributed by atoms with Crippen molar-refractivity contribution in [3.05, 3.63) is 58.3 Å². The summed E-state index contributed by atoms with van der Waals surface area (Å²) in [6.45, 7) is 3.66. The topological polar surface area (TPSA) is 106 Å². The molecule has 5 rings (SSSR count). The Morgan fingerprint density at radius 2 is 1.94 bits per heavy atom. The van der Waals surface area contributed by atoms with Crippen LogP contribution in [0.5, 0.6) is 0 Å². The lowest BCUT2D eigenvalue weighted by atomic mass is 9.71. The van der Waals surface area contributed by atoms with E-state index in [9.17, 15) is 27.6 Å². The summed E-state index contributed by atoms with van der Waals surface area (Å²) in [6.07, 6.45) is 0.943. The smallest absolute Gasteiger partial charge is 0.294 e. The second-order valence-electron chi connectivity index (χ2n) is 9.96. The molecular weight excluding hydrogens is 492 g/mol. The first-order valence-corrected chi connectivity index (χ1v) is 12.2. The number of ketones is 1. The number of halogens is 3. The third kappa shape index (κ3) is 3.82. The summed E-state index contributed by atoms with van der Waals surface area (Å²) in [6, 6.07) is 4.15. The summed E-state index contributed by atoms with van der Waals surface area (Å²) >= 11 is 0. The zero-order valence-corrected chi connectivity index (χ0v) is 20.9. The fourth-order valence-electron chi connectivity index (χ4n) is 5.61. The van der Waals surface area contributed by atoms with Gasteiger partial charge in [-0.2, -0.15) is 0 Å². The van der Waals surface area contributed by atoms with Crippen LogP contribution in [-0.4, -0.2) is 33.6 Å². The van der Waals surface area contributed by atoms with E-state index in [-0.39, 0.29) is 28.5 Å². The Hall–Kier alpha value is -3.13. The van der Waals surface area contributed by atoms with Crippen LogP contribution < -0.4 is 21.7 Å². The van der Waals surface area contributed by atoms with Gasteiger partial charge in [0, 0.05) is 47.7 Å². The van der Waals surface area contributed by atoms with E-state index in [1.54, 1.807) is 18.4 Å². The molecule has 1 aliphatic heterocycles. The molecule has 1 aromatic carbocycles. The maximum atomic E-state index is 13.7. The van der Waals surface area contributed by atoms with Crippen molar-refractivity contribution >= 4 is 37.8 Å². The molecule has 190 valence electrons. The molecule has 3 unspecified atom stereocenters. The van der Waals surface area contributed by atoms with E-state index < -0.39 is 47.7 Å². The minimum Gasteiger partial charge on any atom is -0.400 e. The second-order valence-corrected chi connectivity index (χ2v) is 10.6. The molecule has 2 aromatic rings. The number of nitrogens with one attached hydrogen (secondary N) is 2. The van der Waals surface area contributed by atoms with Crippen LogP contribution in [0, 0.1) is 18.7 Å². The van der Waals surface area contributed by atoms with E-state index in [0.29, 0.717) is 29.1 Å². The largest absolute Gasteiger partial charge is 0.400 e. The zero-order valence-electron chi connectivity index (χ0n) is 19.8. The van der Waals surface area contributed by atoms with E-state index in [0.717, 1.165) is 6.42 Å². The van der Waals surface area contributed by atoms with Gasteiger partial charge >= 0.3 is 0 Å². The molecule has 2 saturated carbocycles. The van der Waals surface area contributed by atoms with Crippen LogP contribution >= 0.6 is 9.24 Å². The number of nitrogens with zero attached hydrogens (tertiary/aromatic N) is 1. The maximum Gasteiger partial charge on any atom is 0.294 e. The third-order valence-corrected chi connectivity index (χ3v) is 7.92. The lowest BCUT2D eigenvalue weighted by molar-refractivity contribution is -0.137. The number of rotatable bonds is 6. The van der Waals surface area contributed by atoms with Gasteiger partial charge in [-0.25, -0.2) is 13.2 Å². The molecule has 11 heteroatoms. The highest BCUT2D eigenvalue weighted by Gasteiger charge is 2.59. The number of carbonyl (C=O) groups is 3. The van der Waals surface area contributed by atoms with Crippen molar-refractivity contribution in [2.24, 2.45) is 11.7 Å². The molecule has 3 atom stereocenters. The first-order valence-electron chi connectivity index (χ1n) is 11.6. The number of alkyl halides is 2. The Labute approximate surface area is 207 Å². The van der Waals surface area contributed by atoms with Crippen molar-refractivity contribution in [1.29, 1.82) is 0 Å². The molecule has 2 fully saturated rings. The number of Topliss-reactive ketones (excluding diaryl/α,β-unsaturated/α-hetero) is 1. The quantitative estimate of drug-likeness (QED) is 0.310. The first kappa shape index (κ1) is 24.6. The van der Waals surface area contributed by atoms with Crippen LogP contribution in [0.1, 0.15) is 64.2 Å². The predicted molar refractivity (Wildman–Crippen MR) is 131 cm³/mol. The molecule has 0 bridgehead atoms. The highest BCUT2D eigenvalue weighted by Crippen LogP contribution is 2.56. The summed E-state index contributed by atoms with van der Waals surface area (Å²) in [5, 5.41) is 5.49. The molecule has 1 aromatic heterocycles. The lowest BCUT2D eigenvalue weighted by Crippen LogP contribution is -2.65. The average molecular weight is 518 g/mol. The van der Waals surface area contributed by atoms with Crippen LogP contribution in [0.15, 0.2) is 30.0 Å². The Morgan fingerprint density at radius 3 is 2.56 bits per heavy atom. The third-order valence-electron chi connectivity index (χ3n) is 7.48. The predicted octanol–water partition coefficient (Wildman–Crippen LogP) is 3.13. The molecule has 0 spiro atoms. The van der Waals surface area contributed by atoms with E-state index >= 15 is 0 Å². The van der Waals surface area contributed by atoms with Crippen LogP contribution in [0.3, 0.4) is 0 Å². The van der Waals surface area contributed by atoms with Crippen molar-refractivity contribution in [3.63, 3.8) is 0 Å². The highest BCUT2D eigenvalue weighted by atomic mass is 31.0. The molecular formula is C25H26F3N4O3P. The number of allylic oxidation sites excluding steroid dienone is 1. The number of amides is 2. The van der Waals surface area contributed by atoms with Gasteiger partial charge in [0.05, 0.1) is 16.8 Å². The molecule has 7 nitrogen and oxygen atoms in total. The molecule has 3 aliphatic rings. The van der Waals surface area contributed by atoms with Gasteiger partial charge in [0.15, 0.2) is 0 Å². The Kier molecular flexibility index (Phi) is 5.59. The minimum atomic E-state index is -2.99. The number of hydrogen-bond donors (Lipinski definition) is 3. The highest BCUT2D eigenvalue weighted by molar-refractivity contribution is 7.27. The van der Waals surface area contributed by atoms with Crippen LogP contribution in [0.4, 0.5) is 18.9 Å². The van der Waals surface area contributed by atoms with Gasteiger partial charge in [-0.1, -0.05) is 6.08 Å². The number of benzene rings is 1. The minimum absolute atomic E-state index is 0.0701. The van der Waals surface area contributed by atoms with E-state index in [1.165, 1.54) is 24.3 Å². The van der Waals surface area contributed by atoms with Crippen LogP contribution in [-0.2, 0) is 11.3 Å². The molecule has 2 aliphatic carbocycles. The number of fused-ring (bicyclic) bond motifs is 3. The lowest BCUT2D eigenvalue weighted by Gasteiger charge is -2.47. The van der Waals surface area contributed by atoms with Crippen molar-refractivity contribution in [2.75, 3.05) is 5.32 Å². The number of anilines is 1. The number of nitrogens with two attached hydrogens (primary N) is 1. The Balaban J connectivity index is 1.45. The van der Waals surface area contributed by atoms with Gasteiger partial charge < -0.3 is 20.9 Å². The molecule has 4 N–H and O–H groups in total. The summed E-state index contributed by atoms with van der Waals surface area (Å²) in [4.78, 5) is 39.7. The zero-order chi connectivity index (χ0) is 26.2. The van der Waals surface area contributed by atoms with E-state index in [4.69, 9.17) is 5.73 Å². The van der Waals surface area contributed by atoms with Crippen molar-refractivity contribution in [3.8, 4) is 0 Å². The fourth-order valence-corrected chi connectivity index (χ4v) is 5.89. The summed E-state index contributed by atoms with van der Waals surface area (Å²) in [7, 11) is 2.25. The van der Waals surface area contributed by atoms with Gasteiger partial charge in [0.2, 0.25) is 0 Å². The summed E-state index contributed by atoms with van der Waals surface area (Å²) in [5.41, 5.74) is 6.31. The SMILES string of the molecule is C/C=C(\N)C1(NC(=O)C(=O)c2c(C)c(C(=O)Nc3ccc(F)c(P)c3)c3n2CC2CC32)CC(F)(F)C1. The number of aromatic nitrogens is 1. The van der Waals surface area contributed by atoms with Crippen molar-refractivity contribution < 1.29 is 27.6 Å². The molecule has 36 heavy (non-hydrogen) atoms. The monoisotopic (exact) mass is 518 g/mol. The van der Waals surface area contributed by atoms with Crippen molar-refractivity contribution in [2.45, 2.75) is 57.0 Å².